The molecule has 9 heteroatoms. The molecular weight excluding hydrogens is 591 g/mol. The van der Waals surface area contributed by atoms with E-state index in [0.29, 0.717) is 19.1 Å². The zero-order chi connectivity index (χ0) is 33.4. The first kappa shape index (κ1) is 31.8. The Kier molecular flexibility index (Phi) is 7.71. The van der Waals surface area contributed by atoms with Crippen molar-refractivity contribution in [2.75, 3.05) is 13.7 Å². The van der Waals surface area contributed by atoms with Gasteiger partial charge in [0.05, 0.1) is 24.4 Å². The van der Waals surface area contributed by atoms with E-state index in [1.165, 1.54) is 40.1 Å². The average molecular weight is 637 g/mol. The van der Waals surface area contributed by atoms with Gasteiger partial charge in [0.2, 0.25) is 5.91 Å². The summed E-state index contributed by atoms with van der Waals surface area (Å²) in [6, 6.07) is 14.6. The van der Waals surface area contributed by atoms with E-state index in [0.717, 1.165) is 35.2 Å². The zero-order valence-electron chi connectivity index (χ0n) is 28.7. The summed E-state index contributed by atoms with van der Waals surface area (Å²) in [4.78, 5) is 27.9. The van der Waals surface area contributed by atoms with E-state index in [9.17, 15) is 9.59 Å². The highest BCUT2D eigenvalue weighted by molar-refractivity contribution is 6.62. The first-order valence-corrected chi connectivity index (χ1v) is 16.8. The van der Waals surface area contributed by atoms with Gasteiger partial charge in [-0.25, -0.2) is 4.79 Å². The van der Waals surface area contributed by atoms with Crippen molar-refractivity contribution in [3.63, 3.8) is 0 Å². The second-order valence-corrected chi connectivity index (χ2v) is 15.1. The van der Waals surface area contributed by atoms with Crippen LogP contribution in [-0.2, 0) is 31.9 Å². The number of likely N-dealkylation sites (tertiary alicyclic amines) is 1. The van der Waals surface area contributed by atoms with Crippen LogP contribution in [0, 0.1) is 11.8 Å². The van der Waals surface area contributed by atoms with Crippen LogP contribution in [0.4, 0.5) is 4.79 Å². The van der Waals surface area contributed by atoms with Crippen LogP contribution in [0.25, 0.3) is 28.0 Å². The molecule has 4 aliphatic rings. The molecule has 3 atom stereocenters. The van der Waals surface area contributed by atoms with Gasteiger partial charge in [0.1, 0.15) is 18.4 Å². The Morgan fingerprint density at radius 2 is 1.77 bits per heavy atom. The molecule has 2 saturated heterocycles. The Balaban J connectivity index is 1.15. The van der Waals surface area contributed by atoms with Gasteiger partial charge in [-0.15, -0.1) is 0 Å². The topological polar surface area (TPSA) is 86.3 Å². The Bertz CT molecular complexity index is 1800. The molecule has 1 aliphatic carbocycles. The summed E-state index contributed by atoms with van der Waals surface area (Å²) < 4.78 is 23.8. The fourth-order valence-corrected chi connectivity index (χ4v) is 7.56. The van der Waals surface area contributed by atoms with Crippen molar-refractivity contribution >= 4 is 41.4 Å². The third-order valence-corrected chi connectivity index (χ3v) is 10.9. The molecule has 246 valence electrons. The van der Waals surface area contributed by atoms with Crippen molar-refractivity contribution in [2.24, 2.45) is 11.8 Å². The number of methoxy groups -OCH3 is 1. The number of benzene rings is 3. The lowest BCUT2D eigenvalue weighted by molar-refractivity contribution is -0.134. The van der Waals surface area contributed by atoms with Crippen LogP contribution in [0.2, 0.25) is 0 Å². The number of hydrogen-bond donors (Lipinski definition) is 1. The van der Waals surface area contributed by atoms with Gasteiger partial charge < -0.3 is 29.0 Å². The van der Waals surface area contributed by atoms with Crippen molar-refractivity contribution in [1.29, 1.82) is 0 Å². The van der Waals surface area contributed by atoms with Crippen LogP contribution in [0.5, 0.6) is 5.75 Å². The Morgan fingerprint density at radius 3 is 2.47 bits per heavy atom. The first-order chi connectivity index (χ1) is 22.3. The number of hydrogen-bond acceptors (Lipinski definition) is 6. The number of alkyl carbamates (subject to hydrolysis) is 1. The maximum absolute atomic E-state index is 13.8. The largest absolute Gasteiger partial charge is 0.494 e. The van der Waals surface area contributed by atoms with Crippen molar-refractivity contribution < 1.29 is 28.4 Å². The lowest BCUT2D eigenvalue weighted by Gasteiger charge is -2.32. The molecule has 3 aromatic carbocycles. The number of carbonyl (C=O) groups is 2. The van der Waals surface area contributed by atoms with E-state index in [4.69, 9.17) is 18.8 Å². The summed E-state index contributed by atoms with van der Waals surface area (Å²) in [7, 11) is 0.907. The van der Waals surface area contributed by atoms with Crippen LogP contribution in [0.15, 0.2) is 48.0 Å². The second-order valence-electron chi connectivity index (χ2n) is 15.1. The minimum atomic E-state index is -0.639. The van der Waals surface area contributed by atoms with Gasteiger partial charge in [-0.2, -0.15) is 0 Å². The molecular formula is C38H45BN2O6. The van der Waals surface area contributed by atoms with Crippen LogP contribution >= 0.6 is 0 Å². The molecule has 7 rings (SSSR count). The van der Waals surface area contributed by atoms with Gasteiger partial charge in [0.15, 0.2) is 0 Å². The Labute approximate surface area is 277 Å². The summed E-state index contributed by atoms with van der Waals surface area (Å²) in [5, 5.41) is 5.12. The van der Waals surface area contributed by atoms with Crippen LogP contribution in [0.1, 0.15) is 71.6 Å². The summed E-state index contributed by atoms with van der Waals surface area (Å²) in [5.41, 5.74) is 7.29. The Hall–Kier alpha value is -3.82. The lowest BCUT2D eigenvalue weighted by Crippen LogP contribution is -2.52. The summed E-state index contributed by atoms with van der Waals surface area (Å²) in [6.07, 6.45) is 3.36. The van der Waals surface area contributed by atoms with Crippen molar-refractivity contribution in [3.05, 3.63) is 64.7 Å². The van der Waals surface area contributed by atoms with Gasteiger partial charge in [0, 0.05) is 12.1 Å². The van der Waals surface area contributed by atoms with E-state index in [2.05, 4.69) is 88.5 Å². The minimum Gasteiger partial charge on any atom is -0.488 e. The van der Waals surface area contributed by atoms with Crippen molar-refractivity contribution in [1.82, 2.24) is 10.2 Å². The van der Waals surface area contributed by atoms with Gasteiger partial charge >= 0.3 is 13.2 Å². The highest BCUT2D eigenvalue weighted by Gasteiger charge is 2.52. The van der Waals surface area contributed by atoms with E-state index in [-0.39, 0.29) is 17.9 Å². The number of ether oxygens (including phenoxy) is 2. The molecule has 0 spiro atoms. The van der Waals surface area contributed by atoms with Gasteiger partial charge in [-0.3, -0.25) is 4.79 Å². The lowest BCUT2D eigenvalue weighted by atomic mass is 9.77. The molecule has 47 heavy (non-hydrogen) atoms. The van der Waals surface area contributed by atoms with Gasteiger partial charge in [0.25, 0.3) is 0 Å². The maximum atomic E-state index is 13.8. The number of amides is 2. The van der Waals surface area contributed by atoms with Gasteiger partial charge in [-0.05, 0) is 109 Å². The fourth-order valence-electron chi connectivity index (χ4n) is 7.56. The van der Waals surface area contributed by atoms with Crippen LogP contribution < -0.4 is 15.5 Å². The van der Waals surface area contributed by atoms with E-state index >= 15 is 0 Å². The van der Waals surface area contributed by atoms with E-state index in [1.54, 1.807) is 0 Å². The monoisotopic (exact) mass is 636 g/mol. The average Bonchev–Trinajstić information content (AvgIpc) is 3.70. The third-order valence-electron chi connectivity index (χ3n) is 10.9. The standard InChI is InChI=1S/C38H45BN2O6/c1-21(2)34(40-36(43)44-8)35(42)41-19-22(3)13-32(41)25-14-23-9-10-24-16-31-28-12-11-27(39-46-37(4,5)38(6,7)47-39)15-26(28)20-45-33(31)18-30(24)29(23)17-25/h9-12,14-16,18,21-22,32,34H,13,17,19-20H2,1-8H3,(H,40,43)/t22-,32-,34-/m0/s1. The highest BCUT2D eigenvalue weighted by atomic mass is 16.7. The first-order valence-electron chi connectivity index (χ1n) is 16.8. The van der Waals surface area contributed by atoms with Gasteiger partial charge in [-0.1, -0.05) is 57.2 Å². The molecule has 0 aromatic heterocycles. The second kappa shape index (κ2) is 11.4. The Morgan fingerprint density at radius 1 is 1.02 bits per heavy atom. The smallest absolute Gasteiger partial charge is 0.488 e. The number of nitrogens with zero attached hydrogens (tertiary/aromatic N) is 1. The third kappa shape index (κ3) is 5.41. The molecule has 0 saturated carbocycles. The molecule has 2 amide bonds. The summed E-state index contributed by atoms with van der Waals surface area (Å²) >= 11 is 0. The molecule has 8 nitrogen and oxygen atoms in total. The predicted molar refractivity (Wildman–Crippen MR) is 185 cm³/mol. The molecule has 1 N–H and O–H groups in total. The predicted octanol–water partition coefficient (Wildman–Crippen LogP) is 6.26. The number of carbonyl (C=O) groups excluding carboxylic acids is 2. The van der Waals surface area contributed by atoms with E-state index < -0.39 is 30.5 Å². The number of nitrogens with one attached hydrogen (secondary N) is 1. The summed E-state index contributed by atoms with van der Waals surface area (Å²) in [5.74, 6) is 1.13. The molecule has 0 bridgehead atoms. The quantitative estimate of drug-likeness (QED) is 0.333. The molecule has 2 fully saturated rings. The number of rotatable bonds is 5. The van der Waals surface area contributed by atoms with Crippen LogP contribution in [0.3, 0.4) is 0 Å². The number of fused-ring (bicyclic) bond motifs is 6. The zero-order valence-corrected chi connectivity index (χ0v) is 28.7. The molecule has 3 heterocycles. The molecule has 3 aromatic rings. The fraction of sp³-hybridized carbons (Fsp3) is 0.474. The van der Waals surface area contributed by atoms with E-state index in [1.807, 2.05) is 18.7 Å². The molecule has 0 radical (unpaired) electrons. The SMILES string of the molecule is COC(=O)N[C@H](C(=O)N1C[C@@H](C)C[C@H]1C1=Cc2ccc3cc4c(cc3c2C1)OCc1cc(B2OC(C)(C)C(C)(C)O2)ccc1-4)C(C)C. The molecule has 3 aliphatic heterocycles. The van der Waals surface area contributed by atoms with Crippen molar-refractivity contribution in [3.8, 4) is 16.9 Å². The van der Waals surface area contributed by atoms with Crippen LogP contribution in [-0.4, -0.2) is 61.0 Å². The molecule has 0 unspecified atom stereocenters. The minimum absolute atomic E-state index is 0.0143. The van der Waals surface area contributed by atoms with Crippen molar-refractivity contribution in [2.45, 2.75) is 91.2 Å². The maximum Gasteiger partial charge on any atom is 0.494 e. The summed E-state index contributed by atoms with van der Waals surface area (Å²) in [6.45, 7) is 15.5. The highest BCUT2D eigenvalue weighted by Crippen LogP contribution is 2.44. The normalized spacial score (nSPS) is 22.8.